The van der Waals surface area contributed by atoms with Gasteiger partial charge in [0.2, 0.25) is 0 Å². The number of carbonyl (C=O) groups is 2. The first-order chi connectivity index (χ1) is 9.69. The Labute approximate surface area is 121 Å². The van der Waals surface area contributed by atoms with Crippen molar-refractivity contribution in [2.24, 2.45) is 0 Å². The molecule has 0 aromatic carbocycles. The molecule has 0 bridgehead atoms. The second-order valence-corrected chi connectivity index (χ2v) is 5.74. The van der Waals surface area contributed by atoms with Gasteiger partial charge >= 0.3 is 6.09 Å². The third kappa shape index (κ3) is 2.37. The minimum Gasteiger partial charge on any atom is -0.455 e. The zero-order valence-electron chi connectivity index (χ0n) is 11.2. The standard InChI is InChI=1S/C13H16N2O4S/c1-20-8-10-2-3-11(19-10)12(16)14-4-5-15-9(6-14)7-18-13(15)17/h2-3,9H,4-8H2,1H3/t9-/m1/s1. The Balaban J connectivity index is 1.67. The number of hydrogen-bond donors (Lipinski definition) is 0. The lowest BCUT2D eigenvalue weighted by Crippen LogP contribution is -2.53. The second-order valence-electron chi connectivity index (χ2n) is 4.87. The quantitative estimate of drug-likeness (QED) is 0.844. The van der Waals surface area contributed by atoms with E-state index in [4.69, 9.17) is 9.15 Å². The van der Waals surface area contributed by atoms with Gasteiger partial charge in [0.05, 0.1) is 11.8 Å². The maximum atomic E-state index is 12.4. The maximum Gasteiger partial charge on any atom is 0.410 e. The summed E-state index contributed by atoms with van der Waals surface area (Å²) < 4.78 is 10.5. The minimum atomic E-state index is -0.276. The average Bonchev–Trinajstić information content (AvgIpc) is 3.06. The molecule has 3 rings (SSSR count). The van der Waals surface area contributed by atoms with Crippen molar-refractivity contribution in [3.63, 3.8) is 0 Å². The zero-order chi connectivity index (χ0) is 14.1. The normalized spacial score (nSPS) is 21.9. The number of thioether (sulfide) groups is 1. The number of nitrogens with zero attached hydrogens (tertiary/aromatic N) is 2. The molecule has 0 N–H and O–H groups in total. The fourth-order valence-corrected chi connectivity index (χ4v) is 2.98. The van der Waals surface area contributed by atoms with Crippen molar-refractivity contribution in [1.29, 1.82) is 0 Å². The first kappa shape index (κ1) is 13.4. The Hall–Kier alpha value is -1.63. The van der Waals surface area contributed by atoms with E-state index in [9.17, 15) is 9.59 Å². The summed E-state index contributed by atoms with van der Waals surface area (Å²) in [5.41, 5.74) is 0. The number of carbonyl (C=O) groups excluding carboxylic acids is 2. The molecule has 0 saturated carbocycles. The fraction of sp³-hybridized carbons (Fsp3) is 0.538. The molecule has 2 amide bonds. The molecule has 3 heterocycles. The van der Waals surface area contributed by atoms with E-state index in [1.54, 1.807) is 27.6 Å². The monoisotopic (exact) mass is 296 g/mol. The molecule has 7 heteroatoms. The van der Waals surface area contributed by atoms with Crippen LogP contribution in [0.15, 0.2) is 16.5 Å². The molecule has 0 radical (unpaired) electrons. The SMILES string of the molecule is CSCc1ccc(C(=O)N2CCN3C(=O)OC[C@H]3C2)o1. The van der Waals surface area contributed by atoms with E-state index in [1.807, 2.05) is 12.3 Å². The zero-order valence-corrected chi connectivity index (χ0v) is 12.0. The van der Waals surface area contributed by atoms with Crippen LogP contribution in [0.2, 0.25) is 0 Å². The van der Waals surface area contributed by atoms with Crippen molar-refractivity contribution in [2.45, 2.75) is 11.8 Å². The molecule has 1 aromatic rings. The Kier molecular flexibility index (Phi) is 3.60. The van der Waals surface area contributed by atoms with Crippen LogP contribution in [0.5, 0.6) is 0 Å². The van der Waals surface area contributed by atoms with E-state index in [0.29, 0.717) is 32.0 Å². The van der Waals surface area contributed by atoms with E-state index >= 15 is 0 Å². The highest BCUT2D eigenvalue weighted by atomic mass is 32.2. The Morgan fingerprint density at radius 1 is 1.45 bits per heavy atom. The summed E-state index contributed by atoms with van der Waals surface area (Å²) >= 11 is 1.65. The average molecular weight is 296 g/mol. The van der Waals surface area contributed by atoms with E-state index in [2.05, 4.69) is 0 Å². The predicted molar refractivity (Wildman–Crippen MR) is 73.7 cm³/mol. The van der Waals surface area contributed by atoms with E-state index < -0.39 is 0 Å². The second kappa shape index (κ2) is 5.40. The fourth-order valence-electron chi connectivity index (χ4n) is 2.54. The van der Waals surface area contributed by atoms with Crippen LogP contribution >= 0.6 is 11.8 Å². The van der Waals surface area contributed by atoms with E-state index in [-0.39, 0.29) is 18.0 Å². The highest BCUT2D eigenvalue weighted by Gasteiger charge is 2.39. The van der Waals surface area contributed by atoms with Crippen LogP contribution in [0, 0.1) is 0 Å². The van der Waals surface area contributed by atoms with Gasteiger partial charge in [-0.05, 0) is 18.4 Å². The lowest BCUT2D eigenvalue weighted by atomic mass is 10.2. The summed E-state index contributed by atoms with van der Waals surface area (Å²) in [6, 6.07) is 3.53. The number of rotatable bonds is 3. The molecule has 0 aliphatic carbocycles. The maximum absolute atomic E-state index is 12.4. The predicted octanol–water partition coefficient (Wildman–Crippen LogP) is 1.42. The highest BCUT2D eigenvalue weighted by Crippen LogP contribution is 2.20. The van der Waals surface area contributed by atoms with Gasteiger partial charge in [-0.15, -0.1) is 0 Å². The van der Waals surface area contributed by atoms with Crippen LogP contribution in [0.3, 0.4) is 0 Å². The lowest BCUT2D eigenvalue weighted by Gasteiger charge is -2.34. The summed E-state index contributed by atoms with van der Waals surface area (Å²) in [6.07, 6.45) is 1.71. The number of ether oxygens (including phenoxy) is 1. The van der Waals surface area contributed by atoms with Gasteiger partial charge in [0.15, 0.2) is 5.76 Å². The summed E-state index contributed by atoms with van der Waals surface area (Å²) in [6.45, 7) is 1.90. The topological polar surface area (TPSA) is 63.0 Å². The van der Waals surface area contributed by atoms with Crippen LogP contribution in [0.25, 0.3) is 0 Å². The number of piperazine rings is 1. The largest absolute Gasteiger partial charge is 0.455 e. The molecule has 1 atom stereocenters. The van der Waals surface area contributed by atoms with Gasteiger partial charge in [-0.3, -0.25) is 9.69 Å². The van der Waals surface area contributed by atoms with Crippen LogP contribution in [0.1, 0.15) is 16.3 Å². The minimum absolute atomic E-state index is 0.0270. The molecule has 0 unspecified atom stereocenters. The van der Waals surface area contributed by atoms with Gasteiger partial charge in [0, 0.05) is 19.6 Å². The first-order valence-electron chi connectivity index (χ1n) is 6.49. The third-order valence-electron chi connectivity index (χ3n) is 3.56. The smallest absolute Gasteiger partial charge is 0.410 e. The highest BCUT2D eigenvalue weighted by molar-refractivity contribution is 7.97. The molecule has 20 heavy (non-hydrogen) atoms. The van der Waals surface area contributed by atoms with Crippen molar-refractivity contribution in [3.8, 4) is 0 Å². The number of hydrogen-bond acceptors (Lipinski definition) is 5. The van der Waals surface area contributed by atoms with Gasteiger partial charge in [0.1, 0.15) is 12.4 Å². The van der Waals surface area contributed by atoms with Crippen molar-refractivity contribution < 1.29 is 18.7 Å². The van der Waals surface area contributed by atoms with Crippen LogP contribution in [-0.4, -0.2) is 60.3 Å². The third-order valence-corrected chi connectivity index (χ3v) is 4.14. The lowest BCUT2D eigenvalue weighted by molar-refractivity contribution is 0.0585. The molecule has 108 valence electrons. The number of furan rings is 1. The summed E-state index contributed by atoms with van der Waals surface area (Å²) in [5, 5.41) is 0. The molecule has 2 saturated heterocycles. The Bertz CT molecular complexity index is 530. The van der Waals surface area contributed by atoms with Crippen LogP contribution < -0.4 is 0 Å². The molecular weight excluding hydrogens is 280 g/mol. The summed E-state index contributed by atoms with van der Waals surface area (Å²) in [7, 11) is 0. The van der Waals surface area contributed by atoms with Crippen molar-refractivity contribution in [3.05, 3.63) is 23.7 Å². The van der Waals surface area contributed by atoms with Gasteiger partial charge in [-0.2, -0.15) is 11.8 Å². The molecular formula is C13H16N2O4S. The summed E-state index contributed by atoms with van der Waals surface area (Å²) in [5.74, 6) is 1.81. The number of cyclic esters (lactones) is 1. The van der Waals surface area contributed by atoms with Crippen molar-refractivity contribution in [2.75, 3.05) is 32.5 Å². The van der Waals surface area contributed by atoms with Gasteiger partial charge in [0.25, 0.3) is 5.91 Å². The van der Waals surface area contributed by atoms with Gasteiger partial charge < -0.3 is 14.1 Å². The van der Waals surface area contributed by atoms with E-state index in [0.717, 1.165) is 11.5 Å². The van der Waals surface area contributed by atoms with Gasteiger partial charge in [-0.25, -0.2) is 4.79 Å². The summed E-state index contributed by atoms with van der Waals surface area (Å²) in [4.78, 5) is 27.2. The number of amides is 2. The van der Waals surface area contributed by atoms with Crippen molar-refractivity contribution in [1.82, 2.24) is 9.80 Å². The first-order valence-corrected chi connectivity index (χ1v) is 7.88. The molecule has 0 spiro atoms. The Morgan fingerprint density at radius 3 is 3.10 bits per heavy atom. The van der Waals surface area contributed by atoms with Crippen LogP contribution in [0.4, 0.5) is 4.79 Å². The molecule has 1 aromatic heterocycles. The van der Waals surface area contributed by atoms with Gasteiger partial charge in [-0.1, -0.05) is 0 Å². The van der Waals surface area contributed by atoms with Crippen molar-refractivity contribution >= 4 is 23.8 Å². The van der Waals surface area contributed by atoms with Crippen LogP contribution in [-0.2, 0) is 10.5 Å². The van der Waals surface area contributed by atoms with E-state index in [1.165, 1.54) is 0 Å². The molecule has 2 aliphatic rings. The molecule has 6 nitrogen and oxygen atoms in total. The number of fused-ring (bicyclic) bond motifs is 1. The Morgan fingerprint density at radius 2 is 2.30 bits per heavy atom. The molecule has 2 fully saturated rings. The molecule has 2 aliphatic heterocycles.